The monoisotopic (exact) mass is 105 g/mol. The molecular formula is C7H7N. The average Bonchev–Trinajstić information content (AvgIpc) is 1.81. The number of nitriles is 1. The summed E-state index contributed by atoms with van der Waals surface area (Å²) in [5, 5.41) is 7.97. The molecule has 0 aliphatic heterocycles. The van der Waals surface area contributed by atoms with E-state index in [9.17, 15) is 0 Å². The van der Waals surface area contributed by atoms with Gasteiger partial charge in [-0.3, -0.25) is 0 Å². The summed E-state index contributed by atoms with van der Waals surface area (Å²) in [5.74, 6) is 0. The lowest BCUT2D eigenvalue weighted by Crippen LogP contribution is -1.45. The molecular weight excluding hydrogens is 98.1 g/mol. The molecule has 0 heterocycles. The zero-order chi connectivity index (χ0) is 6.24. The second-order valence-electron chi connectivity index (χ2n) is 1.11. The van der Waals surface area contributed by atoms with E-state index in [1.165, 1.54) is 6.08 Å². The SMILES string of the molecule is C=C/C=C/C=C/C#N. The van der Waals surface area contributed by atoms with Gasteiger partial charge in [-0.1, -0.05) is 30.9 Å². The summed E-state index contributed by atoms with van der Waals surface area (Å²) in [6.45, 7) is 3.45. The van der Waals surface area contributed by atoms with Gasteiger partial charge in [-0.15, -0.1) is 0 Å². The fourth-order valence-electron chi connectivity index (χ4n) is 0.241. The van der Waals surface area contributed by atoms with Crippen LogP contribution < -0.4 is 0 Å². The normalized spacial score (nSPS) is 9.88. The summed E-state index contributed by atoms with van der Waals surface area (Å²) < 4.78 is 0. The van der Waals surface area contributed by atoms with Crippen molar-refractivity contribution in [1.29, 1.82) is 5.26 Å². The molecule has 0 rings (SSSR count). The van der Waals surface area contributed by atoms with Gasteiger partial charge in [0.15, 0.2) is 0 Å². The Balaban J connectivity index is 3.46. The number of hydrogen-bond donors (Lipinski definition) is 0. The van der Waals surface area contributed by atoms with E-state index in [0.717, 1.165) is 0 Å². The molecule has 1 heteroatoms. The molecule has 40 valence electrons. The Morgan fingerprint density at radius 2 is 2.00 bits per heavy atom. The van der Waals surface area contributed by atoms with Crippen LogP contribution in [0.1, 0.15) is 0 Å². The number of hydrogen-bond acceptors (Lipinski definition) is 1. The maximum atomic E-state index is 7.97. The van der Waals surface area contributed by atoms with Gasteiger partial charge in [0, 0.05) is 6.08 Å². The third kappa shape index (κ3) is 4.71. The molecule has 0 saturated heterocycles. The maximum Gasteiger partial charge on any atom is 0.0912 e. The second kappa shape index (κ2) is 5.71. The van der Waals surface area contributed by atoms with Crippen molar-refractivity contribution in [1.82, 2.24) is 0 Å². The quantitative estimate of drug-likeness (QED) is 0.388. The van der Waals surface area contributed by atoms with Gasteiger partial charge in [0.1, 0.15) is 0 Å². The predicted molar refractivity (Wildman–Crippen MR) is 34.1 cm³/mol. The van der Waals surface area contributed by atoms with Crippen molar-refractivity contribution in [3.05, 3.63) is 37.0 Å². The van der Waals surface area contributed by atoms with Crippen LogP contribution in [-0.2, 0) is 0 Å². The van der Waals surface area contributed by atoms with Crippen LogP contribution in [-0.4, -0.2) is 0 Å². The number of allylic oxidation sites excluding steroid dienone is 5. The Morgan fingerprint density at radius 1 is 1.25 bits per heavy atom. The number of rotatable bonds is 2. The Labute approximate surface area is 49.3 Å². The summed E-state index contributed by atoms with van der Waals surface area (Å²) in [6, 6.07) is 1.86. The van der Waals surface area contributed by atoms with Gasteiger partial charge >= 0.3 is 0 Å². The van der Waals surface area contributed by atoms with E-state index >= 15 is 0 Å². The zero-order valence-corrected chi connectivity index (χ0v) is 4.54. The standard InChI is InChI=1S/C7H7N/c1-2-3-4-5-6-7-8/h2-6H,1H2/b4-3+,6-5+. The molecule has 0 fully saturated rings. The molecule has 0 saturated carbocycles. The van der Waals surface area contributed by atoms with Crippen molar-refractivity contribution in [2.45, 2.75) is 0 Å². The average molecular weight is 105 g/mol. The minimum Gasteiger partial charge on any atom is -0.193 e. The van der Waals surface area contributed by atoms with Gasteiger partial charge in [0.25, 0.3) is 0 Å². The highest BCUT2D eigenvalue weighted by Crippen LogP contribution is 1.74. The van der Waals surface area contributed by atoms with E-state index in [1.807, 2.05) is 6.07 Å². The summed E-state index contributed by atoms with van der Waals surface area (Å²) in [5.41, 5.74) is 0. The molecule has 0 spiro atoms. The van der Waals surface area contributed by atoms with Gasteiger partial charge in [-0.2, -0.15) is 5.26 Å². The Bertz CT molecular complexity index is 146. The van der Waals surface area contributed by atoms with E-state index in [-0.39, 0.29) is 0 Å². The van der Waals surface area contributed by atoms with Crippen molar-refractivity contribution >= 4 is 0 Å². The molecule has 0 unspecified atom stereocenters. The van der Waals surface area contributed by atoms with Gasteiger partial charge in [0.2, 0.25) is 0 Å². The first-order chi connectivity index (χ1) is 3.91. The Kier molecular flexibility index (Phi) is 4.79. The maximum absolute atomic E-state index is 7.97. The van der Waals surface area contributed by atoms with Gasteiger partial charge in [0.05, 0.1) is 6.07 Å². The first-order valence-corrected chi connectivity index (χ1v) is 2.25. The molecule has 0 aliphatic carbocycles. The predicted octanol–water partition coefficient (Wildman–Crippen LogP) is 1.81. The Morgan fingerprint density at radius 3 is 2.50 bits per heavy atom. The van der Waals surface area contributed by atoms with Crippen molar-refractivity contribution in [2.75, 3.05) is 0 Å². The summed E-state index contributed by atoms with van der Waals surface area (Å²) in [7, 11) is 0. The largest absolute Gasteiger partial charge is 0.193 e. The molecule has 0 radical (unpaired) electrons. The van der Waals surface area contributed by atoms with Crippen LogP contribution in [0.25, 0.3) is 0 Å². The molecule has 0 N–H and O–H groups in total. The molecule has 1 nitrogen and oxygen atoms in total. The number of nitrogens with zero attached hydrogens (tertiary/aromatic N) is 1. The molecule has 0 aromatic heterocycles. The summed E-state index contributed by atoms with van der Waals surface area (Å²) in [6.07, 6.45) is 8.22. The molecule has 0 aromatic carbocycles. The van der Waals surface area contributed by atoms with Crippen LogP contribution in [0.3, 0.4) is 0 Å². The van der Waals surface area contributed by atoms with Crippen LogP contribution in [0.15, 0.2) is 37.0 Å². The van der Waals surface area contributed by atoms with Crippen molar-refractivity contribution in [3.63, 3.8) is 0 Å². The second-order valence-corrected chi connectivity index (χ2v) is 1.11. The Hall–Kier alpha value is -1.29. The van der Waals surface area contributed by atoms with Gasteiger partial charge in [-0.25, -0.2) is 0 Å². The lowest BCUT2D eigenvalue weighted by atomic mass is 10.4. The fourth-order valence-corrected chi connectivity index (χ4v) is 0.241. The first-order valence-electron chi connectivity index (χ1n) is 2.25. The van der Waals surface area contributed by atoms with Crippen LogP contribution in [0.5, 0.6) is 0 Å². The van der Waals surface area contributed by atoms with Gasteiger partial charge < -0.3 is 0 Å². The fraction of sp³-hybridized carbons (Fsp3) is 0. The van der Waals surface area contributed by atoms with E-state index in [0.29, 0.717) is 0 Å². The van der Waals surface area contributed by atoms with Crippen molar-refractivity contribution in [2.24, 2.45) is 0 Å². The minimum absolute atomic E-state index is 1.40. The third-order valence-corrected chi connectivity index (χ3v) is 0.529. The lowest BCUT2D eigenvalue weighted by molar-refractivity contribution is 1.53. The smallest absolute Gasteiger partial charge is 0.0912 e. The van der Waals surface area contributed by atoms with Gasteiger partial charge in [-0.05, 0) is 0 Å². The van der Waals surface area contributed by atoms with Crippen LogP contribution in [0.4, 0.5) is 0 Å². The molecule has 0 bridgehead atoms. The van der Waals surface area contributed by atoms with E-state index in [2.05, 4.69) is 6.58 Å². The van der Waals surface area contributed by atoms with E-state index < -0.39 is 0 Å². The zero-order valence-electron chi connectivity index (χ0n) is 4.54. The highest BCUT2D eigenvalue weighted by molar-refractivity contribution is 5.14. The topological polar surface area (TPSA) is 23.8 Å². The van der Waals surface area contributed by atoms with Crippen LogP contribution in [0, 0.1) is 11.3 Å². The third-order valence-electron chi connectivity index (χ3n) is 0.529. The highest BCUT2D eigenvalue weighted by atomic mass is 14.2. The molecule has 0 atom stereocenters. The molecule has 0 amide bonds. The molecule has 0 aromatic rings. The highest BCUT2D eigenvalue weighted by Gasteiger charge is 1.56. The van der Waals surface area contributed by atoms with Crippen molar-refractivity contribution in [3.8, 4) is 6.07 Å². The molecule has 0 aliphatic rings. The minimum atomic E-state index is 1.40. The van der Waals surface area contributed by atoms with Crippen LogP contribution in [0.2, 0.25) is 0 Å². The van der Waals surface area contributed by atoms with Crippen LogP contribution >= 0.6 is 0 Å². The van der Waals surface area contributed by atoms with Crippen molar-refractivity contribution < 1.29 is 0 Å². The summed E-state index contributed by atoms with van der Waals surface area (Å²) >= 11 is 0. The molecule has 8 heavy (non-hydrogen) atoms. The summed E-state index contributed by atoms with van der Waals surface area (Å²) in [4.78, 5) is 0. The first kappa shape index (κ1) is 6.71. The van der Waals surface area contributed by atoms with E-state index in [1.54, 1.807) is 24.3 Å². The van der Waals surface area contributed by atoms with E-state index in [4.69, 9.17) is 5.26 Å². The lowest BCUT2D eigenvalue weighted by Gasteiger charge is -1.64.